The van der Waals surface area contributed by atoms with E-state index in [0.717, 1.165) is 41.2 Å². The van der Waals surface area contributed by atoms with Crippen LogP contribution in [0.15, 0.2) is 36.8 Å². The van der Waals surface area contributed by atoms with Gasteiger partial charge in [-0.1, -0.05) is 0 Å². The SMILES string of the molecule is Cc1c(N)cncc1-c1cc2cc(Nc3cc4n(n3)CSCCC4)ncc2c(N)c1F. The lowest BCUT2D eigenvalue weighted by Gasteiger charge is -2.13. The van der Waals surface area contributed by atoms with Crippen LogP contribution >= 0.6 is 11.8 Å². The number of pyridine rings is 2. The number of hydrogen-bond acceptors (Lipinski definition) is 7. The van der Waals surface area contributed by atoms with Crippen LogP contribution in [0.2, 0.25) is 0 Å². The normalized spacial score (nSPS) is 13.7. The highest BCUT2D eigenvalue weighted by Gasteiger charge is 2.17. The van der Waals surface area contributed by atoms with Crippen molar-refractivity contribution in [1.29, 1.82) is 0 Å². The summed E-state index contributed by atoms with van der Waals surface area (Å²) in [6.07, 6.45) is 6.90. The number of fused-ring (bicyclic) bond motifs is 2. The van der Waals surface area contributed by atoms with Crippen LogP contribution in [0.5, 0.6) is 0 Å². The molecule has 0 saturated heterocycles. The van der Waals surface area contributed by atoms with E-state index < -0.39 is 5.82 Å². The summed E-state index contributed by atoms with van der Waals surface area (Å²) < 4.78 is 17.1. The van der Waals surface area contributed by atoms with Crippen LogP contribution in [0.4, 0.5) is 27.4 Å². The van der Waals surface area contributed by atoms with E-state index in [9.17, 15) is 0 Å². The van der Waals surface area contributed by atoms with Crippen LogP contribution in [-0.4, -0.2) is 25.5 Å². The fraction of sp³-hybridized carbons (Fsp3) is 0.227. The van der Waals surface area contributed by atoms with Crippen LogP contribution in [0, 0.1) is 12.7 Å². The van der Waals surface area contributed by atoms with Gasteiger partial charge >= 0.3 is 0 Å². The number of halogens is 1. The monoisotopic (exact) mass is 435 g/mol. The third-order valence-electron chi connectivity index (χ3n) is 5.60. The Hall–Kier alpha value is -3.33. The molecule has 0 amide bonds. The van der Waals surface area contributed by atoms with Crippen molar-refractivity contribution in [2.24, 2.45) is 0 Å². The molecule has 0 spiro atoms. The van der Waals surface area contributed by atoms with Gasteiger partial charge < -0.3 is 16.8 Å². The third-order valence-corrected chi connectivity index (χ3v) is 6.60. The van der Waals surface area contributed by atoms with Crippen LogP contribution in [0.3, 0.4) is 0 Å². The van der Waals surface area contributed by atoms with E-state index in [1.54, 1.807) is 24.7 Å². The lowest BCUT2D eigenvalue weighted by atomic mass is 9.97. The first-order valence-corrected chi connectivity index (χ1v) is 11.2. The van der Waals surface area contributed by atoms with Gasteiger partial charge in [-0.3, -0.25) is 9.67 Å². The molecule has 0 bridgehead atoms. The molecule has 0 aliphatic carbocycles. The van der Waals surface area contributed by atoms with E-state index >= 15 is 4.39 Å². The van der Waals surface area contributed by atoms with Gasteiger partial charge in [0.15, 0.2) is 11.6 Å². The number of nitrogens with zero attached hydrogens (tertiary/aromatic N) is 4. The van der Waals surface area contributed by atoms with Crippen molar-refractivity contribution in [1.82, 2.24) is 19.7 Å². The summed E-state index contributed by atoms with van der Waals surface area (Å²) in [6.45, 7) is 1.84. The quantitative estimate of drug-likeness (QED) is 0.407. The van der Waals surface area contributed by atoms with Gasteiger partial charge in [0.1, 0.15) is 5.82 Å². The van der Waals surface area contributed by atoms with Crippen molar-refractivity contribution in [2.75, 3.05) is 22.5 Å². The van der Waals surface area contributed by atoms with Gasteiger partial charge in [-0.25, -0.2) is 9.37 Å². The van der Waals surface area contributed by atoms with Crippen LogP contribution in [-0.2, 0) is 12.3 Å². The Morgan fingerprint density at radius 1 is 1.10 bits per heavy atom. The molecule has 1 aliphatic heterocycles. The minimum Gasteiger partial charge on any atom is -0.397 e. The molecule has 0 atom stereocenters. The van der Waals surface area contributed by atoms with Crippen molar-refractivity contribution in [3.8, 4) is 11.1 Å². The fourth-order valence-electron chi connectivity index (χ4n) is 3.84. The Balaban J connectivity index is 1.55. The molecule has 4 aromatic rings. The first kappa shape index (κ1) is 19.6. The highest BCUT2D eigenvalue weighted by molar-refractivity contribution is 7.98. The average molecular weight is 436 g/mol. The maximum atomic E-state index is 15.1. The minimum absolute atomic E-state index is 0.0547. The Morgan fingerprint density at radius 3 is 2.84 bits per heavy atom. The van der Waals surface area contributed by atoms with Crippen molar-refractivity contribution in [2.45, 2.75) is 25.6 Å². The van der Waals surface area contributed by atoms with Gasteiger partial charge in [0.05, 0.1) is 23.4 Å². The van der Waals surface area contributed by atoms with E-state index in [0.29, 0.717) is 28.0 Å². The summed E-state index contributed by atoms with van der Waals surface area (Å²) in [7, 11) is 0. The number of nitrogens with two attached hydrogens (primary N) is 2. The lowest BCUT2D eigenvalue weighted by Crippen LogP contribution is -2.02. The van der Waals surface area contributed by atoms with E-state index in [-0.39, 0.29) is 5.69 Å². The fourth-order valence-corrected chi connectivity index (χ4v) is 4.72. The van der Waals surface area contributed by atoms with Gasteiger partial charge in [0, 0.05) is 40.7 Å². The van der Waals surface area contributed by atoms with Crippen molar-refractivity contribution >= 4 is 45.5 Å². The number of nitrogens with one attached hydrogen (secondary N) is 1. The van der Waals surface area contributed by atoms with Gasteiger partial charge in [-0.05, 0) is 48.6 Å². The van der Waals surface area contributed by atoms with Gasteiger partial charge in [0.25, 0.3) is 0 Å². The zero-order valence-electron chi connectivity index (χ0n) is 17.0. The second kappa shape index (κ2) is 7.73. The summed E-state index contributed by atoms with van der Waals surface area (Å²) in [4.78, 5) is 8.53. The first-order valence-electron chi connectivity index (χ1n) is 10.0. The summed E-state index contributed by atoms with van der Waals surface area (Å²) in [5.41, 5.74) is 15.6. The average Bonchev–Trinajstić information content (AvgIpc) is 3.00. The number of nitrogen functional groups attached to an aromatic ring is 2. The topological polar surface area (TPSA) is 108 Å². The van der Waals surface area contributed by atoms with Crippen LogP contribution < -0.4 is 16.8 Å². The summed E-state index contributed by atoms with van der Waals surface area (Å²) in [5, 5.41) is 9.23. The van der Waals surface area contributed by atoms with Crippen molar-refractivity contribution in [3.63, 3.8) is 0 Å². The molecule has 0 fully saturated rings. The molecular formula is C22H22FN7S. The highest BCUT2D eigenvalue weighted by Crippen LogP contribution is 2.36. The van der Waals surface area contributed by atoms with Gasteiger partial charge in [0.2, 0.25) is 0 Å². The van der Waals surface area contributed by atoms with E-state index in [4.69, 9.17) is 11.5 Å². The first-order chi connectivity index (χ1) is 15.0. The molecule has 4 heterocycles. The minimum atomic E-state index is -0.499. The highest BCUT2D eigenvalue weighted by atomic mass is 32.2. The van der Waals surface area contributed by atoms with E-state index in [1.807, 2.05) is 29.4 Å². The number of hydrogen-bond donors (Lipinski definition) is 3. The standard InChI is InChI=1S/C22H22FN7S/c1-12-16(8-26-10-18(12)24)15-5-13-6-19(27-9-17(13)22(25)21(15)23)28-20-7-14-3-2-4-31-11-30(14)29-20/h5-10H,2-4,11,24-25H2,1H3,(H,27,28,29). The molecule has 0 saturated carbocycles. The zero-order chi connectivity index (χ0) is 21.5. The molecule has 0 radical (unpaired) electrons. The van der Waals surface area contributed by atoms with Crippen molar-refractivity contribution in [3.05, 3.63) is 53.9 Å². The molecule has 158 valence electrons. The molecule has 1 aromatic carbocycles. The predicted octanol–water partition coefficient (Wildman–Crippen LogP) is 4.49. The molecule has 5 rings (SSSR count). The van der Waals surface area contributed by atoms with Crippen molar-refractivity contribution < 1.29 is 4.39 Å². The Kier molecular flexibility index (Phi) is 4.90. The maximum Gasteiger partial charge on any atom is 0.154 e. The summed E-state index contributed by atoms with van der Waals surface area (Å²) in [5.74, 6) is 2.87. The smallest absolute Gasteiger partial charge is 0.154 e. The van der Waals surface area contributed by atoms with Crippen LogP contribution in [0.1, 0.15) is 17.7 Å². The summed E-state index contributed by atoms with van der Waals surface area (Å²) in [6, 6.07) is 5.67. The van der Waals surface area contributed by atoms with Gasteiger partial charge in [-0.15, -0.1) is 11.8 Å². The number of aromatic nitrogens is 4. The number of benzene rings is 1. The molecule has 31 heavy (non-hydrogen) atoms. The Morgan fingerprint density at radius 2 is 1.97 bits per heavy atom. The molecule has 9 heteroatoms. The van der Waals surface area contributed by atoms with E-state index in [1.165, 1.54) is 5.69 Å². The largest absolute Gasteiger partial charge is 0.397 e. The Bertz CT molecular complexity index is 1280. The number of thioether (sulfide) groups is 1. The van der Waals surface area contributed by atoms with Crippen LogP contribution in [0.25, 0.3) is 21.9 Å². The second-order valence-corrected chi connectivity index (χ2v) is 8.70. The molecular weight excluding hydrogens is 413 g/mol. The number of anilines is 4. The summed E-state index contributed by atoms with van der Waals surface area (Å²) >= 11 is 1.88. The third kappa shape index (κ3) is 3.54. The zero-order valence-corrected chi connectivity index (χ0v) is 17.8. The van der Waals surface area contributed by atoms with Gasteiger partial charge in [-0.2, -0.15) is 5.10 Å². The lowest BCUT2D eigenvalue weighted by molar-refractivity contribution is 0.637. The predicted molar refractivity (Wildman–Crippen MR) is 125 cm³/mol. The van der Waals surface area contributed by atoms with E-state index in [2.05, 4.69) is 26.4 Å². The molecule has 1 aliphatic rings. The molecule has 0 unspecified atom stereocenters. The molecule has 3 aromatic heterocycles. The molecule has 5 N–H and O–H groups in total. The Labute approximate surface area is 183 Å². The maximum absolute atomic E-state index is 15.1. The molecule has 7 nitrogen and oxygen atoms in total. The second-order valence-electron chi connectivity index (χ2n) is 7.63. The number of aryl methyl sites for hydroxylation is 1. The number of rotatable bonds is 3.